The molecule has 0 saturated carbocycles. The summed E-state index contributed by atoms with van der Waals surface area (Å²) in [6, 6.07) is 8.58. The SMILES string of the molecule is CCNC(=NCc1ccc(COCC)cc1)N1CCCC(C)C1. The molecule has 1 N–H and O–H groups in total. The highest BCUT2D eigenvalue weighted by atomic mass is 16.5. The minimum atomic E-state index is 0.689. The maximum Gasteiger partial charge on any atom is 0.194 e. The summed E-state index contributed by atoms with van der Waals surface area (Å²) in [7, 11) is 0. The Hall–Kier alpha value is -1.55. The summed E-state index contributed by atoms with van der Waals surface area (Å²) in [6.45, 7) is 11.8. The van der Waals surface area contributed by atoms with Crippen LogP contribution in [0.4, 0.5) is 0 Å². The van der Waals surface area contributed by atoms with Crippen LogP contribution in [0.25, 0.3) is 0 Å². The van der Waals surface area contributed by atoms with Crippen LogP contribution in [0.2, 0.25) is 0 Å². The van der Waals surface area contributed by atoms with E-state index in [1.165, 1.54) is 24.0 Å². The van der Waals surface area contributed by atoms with Crippen LogP contribution in [0.15, 0.2) is 29.3 Å². The van der Waals surface area contributed by atoms with Gasteiger partial charge in [-0.15, -0.1) is 0 Å². The van der Waals surface area contributed by atoms with E-state index in [0.29, 0.717) is 6.61 Å². The second-order valence-electron chi connectivity index (χ2n) is 6.32. The highest BCUT2D eigenvalue weighted by molar-refractivity contribution is 5.80. The highest BCUT2D eigenvalue weighted by Crippen LogP contribution is 2.16. The summed E-state index contributed by atoms with van der Waals surface area (Å²) in [5.74, 6) is 1.81. The number of rotatable bonds is 6. The molecule has 4 heteroatoms. The highest BCUT2D eigenvalue weighted by Gasteiger charge is 2.18. The molecule has 1 aliphatic rings. The van der Waals surface area contributed by atoms with Gasteiger partial charge in [0.25, 0.3) is 0 Å². The Balaban J connectivity index is 1.96. The number of piperidine rings is 1. The summed E-state index contributed by atoms with van der Waals surface area (Å²) < 4.78 is 5.43. The van der Waals surface area contributed by atoms with Crippen molar-refractivity contribution in [2.45, 2.75) is 46.8 Å². The molecule has 0 spiro atoms. The van der Waals surface area contributed by atoms with E-state index >= 15 is 0 Å². The summed E-state index contributed by atoms with van der Waals surface area (Å²) >= 11 is 0. The zero-order chi connectivity index (χ0) is 16.5. The van der Waals surface area contributed by atoms with E-state index in [1.54, 1.807) is 0 Å². The van der Waals surface area contributed by atoms with Crippen molar-refractivity contribution >= 4 is 5.96 Å². The van der Waals surface area contributed by atoms with Crippen molar-refractivity contribution in [1.82, 2.24) is 10.2 Å². The lowest BCUT2D eigenvalue weighted by Crippen LogP contribution is -2.46. The van der Waals surface area contributed by atoms with E-state index in [4.69, 9.17) is 9.73 Å². The monoisotopic (exact) mass is 317 g/mol. The number of likely N-dealkylation sites (tertiary alicyclic amines) is 1. The number of ether oxygens (including phenoxy) is 1. The topological polar surface area (TPSA) is 36.9 Å². The molecule has 23 heavy (non-hydrogen) atoms. The third-order valence-electron chi connectivity index (χ3n) is 4.20. The molecule has 1 aliphatic heterocycles. The molecular weight excluding hydrogens is 286 g/mol. The smallest absolute Gasteiger partial charge is 0.194 e. The Morgan fingerprint density at radius 1 is 1.26 bits per heavy atom. The number of guanidine groups is 1. The molecule has 1 atom stereocenters. The molecule has 0 bridgehead atoms. The maximum absolute atomic E-state index is 5.43. The van der Waals surface area contributed by atoms with Crippen LogP contribution in [0.3, 0.4) is 0 Å². The number of hydrogen-bond acceptors (Lipinski definition) is 2. The van der Waals surface area contributed by atoms with Crippen LogP contribution >= 0.6 is 0 Å². The Morgan fingerprint density at radius 2 is 2.00 bits per heavy atom. The van der Waals surface area contributed by atoms with Crippen molar-refractivity contribution in [2.24, 2.45) is 10.9 Å². The van der Waals surface area contributed by atoms with Gasteiger partial charge in [0, 0.05) is 26.2 Å². The zero-order valence-corrected chi connectivity index (χ0v) is 14.8. The predicted molar refractivity (Wildman–Crippen MR) is 96.6 cm³/mol. The normalized spacial score (nSPS) is 19.0. The fourth-order valence-corrected chi connectivity index (χ4v) is 2.93. The first kappa shape index (κ1) is 17.8. The number of benzene rings is 1. The van der Waals surface area contributed by atoms with Crippen molar-refractivity contribution in [3.63, 3.8) is 0 Å². The predicted octanol–water partition coefficient (Wildman–Crippen LogP) is 3.42. The summed E-state index contributed by atoms with van der Waals surface area (Å²) in [5.41, 5.74) is 2.46. The van der Waals surface area contributed by atoms with Crippen LogP contribution < -0.4 is 5.32 Å². The average Bonchev–Trinajstić information content (AvgIpc) is 2.57. The van der Waals surface area contributed by atoms with Crippen molar-refractivity contribution in [3.05, 3.63) is 35.4 Å². The number of nitrogens with zero attached hydrogens (tertiary/aromatic N) is 2. The van der Waals surface area contributed by atoms with Crippen LogP contribution in [0, 0.1) is 5.92 Å². The molecule has 0 radical (unpaired) electrons. The Kier molecular flexibility index (Phi) is 7.40. The largest absolute Gasteiger partial charge is 0.377 e. The van der Waals surface area contributed by atoms with Crippen LogP contribution in [0.5, 0.6) is 0 Å². The summed E-state index contributed by atoms with van der Waals surface area (Å²) in [6.07, 6.45) is 2.59. The number of hydrogen-bond donors (Lipinski definition) is 1. The van der Waals surface area contributed by atoms with Crippen LogP contribution in [-0.4, -0.2) is 37.1 Å². The minimum Gasteiger partial charge on any atom is -0.377 e. The van der Waals surface area contributed by atoms with Gasteiger partial charge in [0.05, 0.1) is 13.2 Å². The van der Waals surface area contributed by atoms with Gasteiger partial charge in [0.1, 0.15) is 0 Å². The van der Waals surface area contributed by atoms with Gasteiger partial charge in [-0.1, -0.05) is 31.2 Å². The summed E-state index contributed by atoms with van der Waals surface area (Å²) in [5, 5.41) is 3.44. The van der Waals surface area contributed by atoms with Gasteiger partial charge in [-0.2, -0.15) is 0 Å². The molecule has 2 rings (SSSR count). The van der Waals surface area contributed by atoms with Gasteiger partial charge in [-0.25, -0.2) is 4.99 Å². The van der Waals surface area contributed by atoms with Gasteiger partial charge in [0.2, 0.25) is 0 Å². The van der Waals surface area contributed by atoms with Gasteiger partial charge < -0.3 is 15.0 Å². The van der Waals surface area contributed by atoms with E-state index in [0.717, 1.165) is 44.7 Å². The number of nitrogens with one attached hydrogen (secondary N) is 1. The molecule has 1 aromatic carbocycles. The van der Waals surface area contributed by atoms with Crippen LogP contribution in [0.1, 0.15) is 44.7 Å². The second-order valence-corrected chi connectivity index (χ2v) is 6.32. The van der Waals surface area contributed by atoms with Crippen molar-refractivity contribution in [2.75, 3.05) is 26.2 Å². The molecule has 4 nitrogen and oxygen atoms in total. The van der Waals surface area contributed by atoms with Gasteiger partial charge in [-0.3, -0.25) is 0 Å². The van der Waals surface area contributed by atoms with Crippen molar-refractivity contribution in [3.8, 4) is 0 Å². The Bertz CT molecular complexity index is 484. The van der Waals surface area contributed by atoms with E-state index in [1.807, 2.05) is 6.92 Å². The lowest BCUT2D eigenvalue weighted by atomic mass is 10.0. The van der Waals surface area contributed by atoms with Crippen LogP contribution in [-0.2, 0) is 17.9 Å². The molecule has 1 aromatic rings. The second kappa shape index (κ2) is 9.56. The molecule has 1 unspecified atom stereocenters. The third-order valence-corrected chi connectivity index (χ3v) is 4.20. The van der Waals surface area contributed by atoms with Crippen molar-refractivity contribution in [1.29, 1.82) is 0 Å². The molecule has 0 aromatic heterocycles. The molecule has 1 fully saturated rings. The van der Waals surface area contributed by atoms with E-state index in [9.17, 15) is 0 Å². The Labute approximate surface area is 140 Å². The van der Waals surface area contributed by atoms with E-state index in [2.05, 4.69) is 48.3 Å². The molecular formula is C19H31N3O. The zero-order valence-electron chi connectivity index (χ0n) is 14.8. The first-order chi connectivity index (χ1) is 11.2. The Morgan fingerprint density at radius 3 is 2.65 bits per heavy atom. The fraction of sp³-hybridized carbons (Fsp3) is 0.632. The fourth-order valence-electron chi connectivity index (χ4n) is 2.93. The van der Waals surface area contributed by atoms with E-state index < -0.39 is 0 Å². The minimum absolute atomic E-state index is 0.689. The summed E-state index contributed by atoms with van der Waals surface area (Å²) in [4.78, 5) is 7.24. The third kappa shape index (κ3) is 5.87. The molecule has 128 valence electrons. The average molecular weight is 317 g/mol. The van der Waals surface area contributed by atoms with Gasteiger partial charge in [-0.05, 0) is 43.7 Å². The van der Waals surface area contributed by atoms with E-state index in [-0.39, 0.29) is 0 Å². The first-order valence-corrected chi connectivity index (χ1v) is 8.91. The quantitative estimate of drug-likeness (QED) is 0.645. The van der Waals surface area contributed by atoms with Gasteiger partial charge >= 0.3 is 0 Å². The first-order valence-electron chi connectivity index (χ1n) is 8.91. The molecule has 0 amide bonds. The maximum atomic E-state index is 5.43. The lowest BCUT2D eigenvalue weighted by Gasteiger charge is -2.33. The van der Waals surface area contributed by atoms with Gasteiger partial charge in [0.15, 0.2) is 5.96 Å². The molecule has 1 saturated heterocycles. The standard InChI is InChI=1S/C19H31N3O/c1-4-20-19(22-12-6-7-16(3)14-22)21-13-17-8-10-18(11-9-17)15-23-5-2/h8-11,16H,4-7,12-15H2,1-3H3,(H,20,21). The lowest BCUT2D eigenvalue weighted by molar-refractivity contribution is 0.134. The van der Waals surface area contributed by atoms with Crippen molar-refractivity contribution < 1.29 is 4.74 Å². The molecule has 0 aliphatic carbocycles. The number of aliphatic imine (C=N–C) groups is 1. The molecule has 1 heterocycles.